The third kappa shape index (κ3) is 3.84. The summed E-state index contributed by atoms with van der Waals surface area (Å²) in [5, 5.41) is 9.97. The Morgan fingerprint density at radius 1 is 1.27 bits per heavy atom. The Kier molecular flexibility index (Phi) is 4.82. The Morgan fingerprint density at radius 3 is 2.83 bits per heavy atom. The van der Waals surface area contributed by atoms with Crippen LogP contribution >= 0.6 is 11.3 Å². The highest BCUT2D eigenvalue weighted by Crippen LogP contribution is 2.39. The molecule has 0 spiro atoms. The summed E-state index contributed by atoms with van der Waals surface area (Å²) in [6.45, 7) is 7.43. The minimum absolute atomic E-state index is 0.0230. The molecule has 0 unspecified atom stereocenters. The van der Waals surface area contributed by atoms with Crippen LogP contribution in [0.1, 0.15) is 41.6 Å². The van der Waals surface area contributed by atoms with E-state index in [1.54, 1.807) is 11.3 Å². The van der Waals surface area contributed by atoms with E-state index in [0.29, 0.717) is 34.9 Å². The second kappa shape index (κ2) is 7.51. The van der Waals surface area contributed by atoms with Gasteiger partial charge in [-0.15, -0.1) is 11.3 Å². The number of nitrogens with one attached hydrogen (secondary N) is 2. The van der Waals surface area contributed by atoms with Crippen LogP contribution in [0, 0.1) is 6.92 Å². The quantitative estimate of drug-likeness (QED) is 0.617. The fourth-order valence-corrected chi connectivity index (χ4v) is 4.33. The lowest BCUT2D eigenvalue weighted by atomic mass is 10.2. The fourth-order valence-electron chi connectivity index (χ4n) is 3.45. The van der Waals surface area contributed by atoms with Gasteiger partial charge in [-0.25, -0.2) is 9.97 Å². The summed E-state index contributed by atoms with van der Waals surface area (Å²) >= 11 is 1.58. The first-order valence-corrected chi connectivity index (χ1v) is 11.0. The van der Waals surface area contributed by atoms with Crippen LogP contribution in [0.4, 0.5) is 10.9 Å². The molecule has 5 rings (SSSR count). The second-order valence-corrected chi connectivity index (χ2v) is 8.87. The summed E-state index contributed by atoms with van der Waals surface area (Å²) in [6, 6.07) is 0. The maximum absolute atomic E-state index is 12.9. The van der Waals surface area contributed by atoms with E-state index < -0.39 is 0 Å². The molecule has 1 aliphatic heterocycles. The number of hydrogen-bond acceptors (Lipinski definition) is 9. The minimum Gasteiger partial charge on any atom is -0.445 e. The zero-order valence-corrected chi connectivity index (χ0v) is 17.8. The van der Waals surface area contributed by atoms with Gasteiger partial charge < -0.3 is 24.7 Å². The van der Waals surface area contributed by atoms with Gasteiger partial charge in [0.2, 0.25) is 5.71 Å². The number of amides is 1. The van der Waals surface area contributed by atoms with Gasteiger partial charge in [0, 0.05) is 24.0 Å². The van der Waals surface area contributed by atoms with Gasteiger partial charge in [0.05, 0.1) is 36.4 Å². The summed E-state index contributed by atoms with van der Waals surface area (Å²) in [5.74, 6) is 1.03. The molecule has 10 heteroatoms. The predicted molar refractivity (Wildman–Crippen MR) is 114 cm³/mol. The fraction of sp³-hybridized carbons (Fsp3) is 0.500. The number of ether oxygens (including phenoxy) is 1. The Labute approximate surface area is 177 Å². The lowest BCUT2D eigenvalue weighted by molar-refractivity contribution is 0.0951. The van der Waals surface area contributed by atoms with Crippen molar-refractivity contribution in [3.05, 3.63) is 28.7 Å². The van der Waals surface area contributed by atoms with Crippen molar-refractivity contribution in [3.8, 4) is 0 Å². The van der Waals surface area contributed by atoms with Crippen LogP contribution in [-0.4, -0.2) is 52.7 Å². The molecular weight excluding hydrogens is 404 g/mol. The van der Waals surface area contributed by atoms with Gasteiger partial charge in [-0.2, -0.15) is 4.98 Å². The summed E-state index contributed by atoms with van der Waals surface area (Å²) in [4.78, 5) is 28.6. The average molecular weight is 429 g/mol. The SMILES string of the molecule is Cc1nc(NC2(C)CC2)c2c(C(=O)NCc3csc(N4CCOCC4)n3)coc2n1. The third-order valence-electron chi connectivity index (χ3n) is 5.46. The number of thiazole rings is 1. The monoisotopic (exact) mass is 428 g/mol. The van der Waals surface area contributed by atoms with E-state index in [9.17, 15) is 4.79 Å². The number of fused-ring (bicyclic) bond motifs is 1. The Bertz CT molecular complexity index is 1080. The molecule has 3 aromatic rings. The van der Waals surface area contributed by atoms with Crippen molar-refractivity contribution in [2.75, 3.05) is 36.5 Å². The van der Waals surface area contributed by atoms with E-state index in [0.717, 1.165) is 50.0 Å². The number of carbonyl (C=O) groups excluding carboxylic acids is 1. The third-order valence-corrected chi connectivity index (χ3v) is 6.41. The normalized spacial score (nSPS) is 17.9. The average Bonchev–Trinajstić information content (AvgIpc) is 3.14. The maximum Gasteiger partial charge on any atom is 0.255 e. The van der Waals surface area contributed by atoms with Gasteiger partial charge in [0.25, 0.3) is 5.91 Å². The summed E-state index contributed by atoms with van der Waals surface area (Å²) in [7, 11) is 0. The number of rotatable bonds is 6. The van der Waals surface area contributed by atoms with Crippen molar-refractivity contribution in [1.82, 2.24) is 20.3 Å². The first-order chi connectivity index (χ1) is 14.5. The molecule has 9 nitrogen and oxygen atoms in total. The van der Waals surface area contributed by atoms with Crippen molar-refractivity contribution >= 4 is 39.3 Å². The van der Waals surface area contributed by atoms with E-state index in [-0.39, 0.29) is 11.4 Å². The predicted octanol–water partition coefficient (Wildman–Crippen LogP) is 2.72. The van der Waals surface area contributed by atoms with E-state index in [1.165, 1.54) is 6.26 Å². The summed E-state index contributed by atoms with van der Waals surface area (Å²) < 4.78 is 11.0. The van der Waals surface area contributed by atoms with Crippen LogP contribution in [-0.2, 0) is 11.3 Å². The number of morpholine rings is 1. The zero-order chi connectivity index (χ0) is 20.7. The van der Waals surface area contributed by atoms with Crippen LogP contribution in [0.5, 0.6) is 0 Å². The Hall–Kier alpha value is -2.72. The molecule has 0 atom stereocenters. The molecular formula is C20H24N6O3S. The molecule has 0 bridgehead atoms. The van der Waals surface area contributed by atoms with Crippen molar-refractivity contribution in [1.29, 1.82) is 0 Å². The van der Waals surface area contributed by atoms with Crippen LogP contribution < -0.4 is 15.5 Å². The lowest BCUT2D eigenvalue weighted by Gasteiger charge is -2.26. The smallest absolute Gasteiger partial charge is 0.255 e. The molecule has 1 saturated heterocycles. The molecule has 2 fully saturated rings. The van der Waals surface area contributed by atoms with Crippen molar-refractivity contribution < 1.29 is 13.9 Å². The minimum atomic E-state index is -0.230. The van der Waals surface area contributed by atoms with Gasteiger partial charge in [-0.1, -0.05) is 0 Å². The molecule has 1 amide bonds. The van der Waals surface area contributed by atoms with Crippen molar-refractivity contribution in [2.24, 2.45) is 0 Å². The molecule has 4 heterocycles. The van der Waals surface area contributed by atoms with Gasteiger partial charge >= 0.3 is 0 Å². The molecule has 0 aromatic carbocycles. The summed E-state index contributed by atoms with van der Waals surface area (Å²) in [5.41, 5.74) is 1.71. The number of aromatic nitrogens is 3. The van der Waals surface area contributed by atoms with Crippen LogP contribution in [0.2, 0.25) is 0 Å². The standard InChI is InChI=1S/C20H24N6O3S/c1-12-22-16(25-20(2)3-4-20)15-14(10-29-18(15)23-12)17(27)21-9-13-11-30-19(24-13)26-5-7-28-8-6-26/h10-11H,3-9H2,1-2H3,(H,21,27)(H,22,23,25). The molecule has 158 valence electrons. The van der Waals surface area contributed by atoms with Gasteiger partial charge in [0.15, 0.2) is 5.13 Å². The van der Waals surface area contributed by atoms with E-state index in [2.05, 4.69) is 37.4 Å². The first kappa shape index (κ1) is 19.3. The Morgan fingerprint density at radius 2 is 2.07 bits per heavy atom. The lowest BCUT2D eigenvalue weighted by Crippen LogP contribution is -2.36. The van der Waals surface area contributed by atoms with Gasteiger partial charge in [-0.05, 0) is 26.7 Å². The van der Waals surface area contributed by atoms with E-state index >= 15 is 0 Å². The molecule has 30 heavy (non-hydrogen) atoms. The Balaban J connectivity index is 1.32. The van der Waals surface area contributed by atoms with Crippen molar-refractivity contribution in [2.45, 2.75) is 38.8 Å². The largest absolute Gasteiger partial charge is 0.445 e. The van der Waals surface area contributed by atoms with Crippen LogP contribution in [0.25, 0.3) is 11.1 Å². The number of nitrogens with zero attached hydrogens (tertiary/aromatic N) is 4. The molecule has 2 N–H and O–H groups in total. The van der Waals surface area contributed by atoms with Gasteiger partial charge in [0.1, 0.15) is 17.9 Å². The molecule has 0 radical (unpaired) electrons. The highest BCUT2D eigenvalue weighted by Gasteiger charge is 2.38. The van der Waals surface area contributed by atoms with E-state index in [4.69, 9.17) is 9.15 Å². The van der Waals surface area contributed by atoms with Crippen LogP contribution in [0.15, 0.2) is 16.1 Å². The highest BCUT2D eigenvalue weighted by molar-refractivity contribution is 7.13. The molecule has 3 aromatic heterocycles. The number of hydrogen-bond donors (Lipinski definition) is 2. The van der Waals surface area contributed by atoms with Crippen molar-refractivity contribution in [3.63, 3.8) is 0 Å². The maximum atomic E-state index is 12.9. The zero-order valence-electron chi connectivity index (χ0n) is 17.0. The van der Waals surface area contributed by atoms with Gasteiger partial charge in [-0.3, -0.25) is 4.79 Å². The number of carbonyl (C=O) groups is 1. The summed E-state index contributed by atoms with van der Waals surface area (Å²) in [6.07, 6.45) is 3.60. The second-order valence-electron chi connectivity index (χ2n) is 8.04. The van der Waals surface area contributed by atoms with Crippen LogP contribution in [0.3, 0.4) is 0 Å². The highest BCUT2D eigenvalue weighted by atomic mass is 32.1. The van der Waals surface area contributed by atoms with E-state index in [1.807, 2.05) is 12.3 Å². The molecule has 1 aliphatic carbocycles. The molecule has 1 saturated carbocycles. The topological polar surface area (TPSA) is 105 Å². The number of furan rings is 1. The number of anilines is 2. The first-order valence-electron chi connectivity index (χ1n) is 10.1. The molecule has 2 aliphatic rings. The number of aryl methyl sites for hydroxylation is 1.